The number of hydrogen-bond donors (Lipinski definition) is 2. The summed E-state index contributed by atoms with van der Waals surface area (Å²) in [6, 6.07) is 3.90. The molecule has 0 aliphatic heterocycles. The Morgan fingerprint density at radius 1 is 1.19 bits per heavy atom. The van der Waals surface area contributed by atoms with E-state index >= 15 is 0 Å². The van der Waals surface area contributed by atoms with E-state index in [2.05, 4.69) is 25.5 Å². The Balaban J connectivity index is 1.97. The highest BCUT2D eigenvalue weighted by molar-refractivity contribution is 5.89. The van der Waals surface area contributed by atoms with Gasteiger partial charge in [-0.15, -0.1) is 0 Å². The molecule has 0 saturated heterocycles. The molecule has 2 amide bonds. The van der Waals surface area contributed by atoms with Gasteiger partial charge in [0.05, 0.1) is 18.2 Å². The van der Waals surface area contributed by atoms with E-state index < -0.39 is 30.7 Å². The van der Waals surface area contributed by atoms with Crippen molar-refractivity contribution < 1.29 is 36.3 Å². The first-order valence-electron chi connectivity index (χ1n) is 9.47. The van der Waals surface area contributed by atoms with Crippen molar-refractivity contribution in [1.29, 1.82) is 0 Å². The number of carbonyl (C=O) groups excluding carboxylic acids is 2. The Bertz CT molecular complexity index is 961. The molecule has 1 unspecified atom stereocenters. The molecule has 2 aromatic rings. The zero-order chi connectivity index (χ0) is 24.1. The van der Waals surface area contributed by atoms with E-state index in [0.29, 0.717) is 11.4 Å². The van der Waals surface area contributed by atoms with Crippen LogP contribution in [0.2, 0.25) is 0 Å². The number of nitrogens with zero attached hydrogens (tertiary/aromatic N) is 3. The molecule has 1 atom stereocenters. The van der Waals surface area contributed by atoms with Gasteiger partial charge in [-0.3, -0.25) is 9.59 Å². The first kappa shape index (κ1) is 25.0. The summed E-state index contributed by atoms with van der Waals surface area (Å²) in [5, 5.41) is 9.21. The van der Waals surface area contributed by atoms with E-state index in [0.717, 1.165) is 10.7 Å². The lowest BCUT2D eigenvalue weighted by molar-refractivity contribution is -0.290. The van der Waals surface area contributed by atoms with Crippen LogP contribution < -0.4 is 15.4 Å². The third kappa shape index (κ3) is 6.62. The Hall–Kier alpha value is -3.25. The number of carbonyl (C=O) groups is 2. The maximum atomic E-state index is 13.0. The zero-order valence-corrected chi connectivity index (χ0v) is 17.5. The normalized spacial score (nSPS) is 12.9. The van der Waals surface area contributed by atoms with E-state index in [1.807, 2.05) is 0 Å². The quantitative estimate of drug-likeness (QED) is 0.557. The summed E-state index contributed by atoms with van der Waals surface area (Å²) in [4.78, 5) is 27.8. The molecule has 176 valence electrons. The second kappa shape index (κ2) is 9.92. The number of hydrogen-bond acceptors (Lipinski definition) is 5. The second-order valence-corrected chi connectivity index (χ2v) is 6.93. The maximum absolute atomic E-state index is 13.0. The van der Waals surface area contributed by atoms with Crippen molar-refractivity contribution in [2.45, 2.75) is 44.8 Å². The average molecular weight is 463 g/mol. The van der Waals surface area contributed by atoms with Gasteiger partial charge in [-0.2, -0.15) is 27.1 Å². The molecule has 0 aliphatic carbocycles. The number of amides is 2. The number of aryl methyl sites for hydroxylation is 1. The minimum Gasteiger partial charge on any atom is -0.471 e. The average Bonchev–Trinajstić information content (AvgIpc) is 3.04. The van der Waals surface area contributed by atoms with Gasteiger partial charge in [-0.1, -0.05) is 6.92 Å². The van der Waals surface area contributed by atoms with Gasteiger partial charge in [0.15, 0.2) is 6.61 Å². The highest BCUT2D eigenvalue weighted by atomic mass is 19.4. The van der Waals surface area contributed by atoms with Crippen molar-refractivity contribution in [3.05, 3.63) is 35.7 Å². The van der Waals surface area contributed by atoms with Crippen LogP contribution in [0.4, 0.5) is 27.8 Å². The van der Waals surface area contributed by atoms with Crippen LogP contribution in [-0.4, -0.2) is 45.3 Å². The van der Waals surface area contributed by atoms with Crippen LogP contribution in [0, 0.1) is 0 Å². The van der Waals surface area contributed by atoms with Crippen LogP contribution in [0.25, 0.3) is 0 Å². The van der Waals surface area contributed by atoms with Gasteiger partial charge in [0.2, 0.25) is 17.7 Å². The van der Waals surface area contributed by atoms with E-state index in [4.69, 9.17) is 0 Å². The molecule has 0 bridgehead atoms. The lowest BCUT2D eigenvalue weighted by atomic mass is 10.1. The van der Waals surface area contributed by atoms with Crippen LogP contribution in [0.5, 0.6) is 5.88 Å². The molecule has 2 N–H and O–H groups in total. The van der Waals surface area contributed by atoms with Gasteiger partial charge in [0.1, 0.15) is 5.82 Å². The summed E-state index contributed by atoms with van der Waals surface area (Å²) in [6.45, 7) is 1.49. The van der Waals surface area contributed by atoms with Crippen molar-refractivity contribution in [2.75, 3.05) is 11.9 Å². The van der Waals surface area contributed by atoms with Crippen LogP contribution in [-0.2, 0) is 23.1 Å². The molecule has 0 radical (unpaired) electrons. The summed E-state index contributed by atoms with van der Waals surface area (Å²) >= 11 is 0. The molecule has 0 aromatic carbocycles. The van der Waals surface area contributed by atoms with E-state index in [1.165, 1.54) is 13.2 Å². The number of aromatic nitrogens is 3. The van der Waals surface area contributed by atoms with Crippen molar-refractivity contribution >= 4 is 17.6 Å². The number of nitrogens with one attached hydrogen (secondary N) is 2. The van der Waals surface area contributed by atoms with Gasteiger partial charge in [-0.05, 0) is 24.6 Å². The highest BCUT2D eigenvalue weighted by Gasteiger charge is 2.58. The fourth-order valence-corrected chi connectivity index (χ4v) is 2.53. The van der Waals surface area contributed by atoms with Gasteiger partial charge >= 0.3 is 12.1 Å². The minimum absolute atomic E-state index is 0.119. The summed E-state index contributed by atoms with van der Waals surface area (Å²) in [6.07, 6.45) is -4.25. The molecule has 2 aromatic heterocycles. The summed E-state index contributed by atoms with van der Waals surface area (Å²) < 4.78 is 68.3. The third-order valence-electron chi connectivity index (χ3n) is 4.30. The van der Waals surface area contributed by atoms with E-state index in [9.17, 15) is 31.5 Å². The number of halogens is 5. The summed E-state index contributed by atoms with van der Waals surface area (Å²) in [7, 11) is 1.29. The molecule has 0 saturated carbocycles. The molecule has 0 aliphatic rings. The number of rotatable bonds is 9. The summed E-state index contributed by atoms with van der Waals surface area (Å²) in [5.41, 5.74) is 0.785. The van der Waals surface area contributed by atoms with Gasteiger partial charge in [-0.25, -0.2) is 9.67 Å². The second-order valence-electron chi connectivity index (χ2n) is 6.93. The van der Waals surface area contributed by atoms with E-state index in [1.54, 1.807) is 26.0 Å². The first-order chi connectivity index (χ1) is 14.8. The van der Waals surface area contributed by atoms with Gasteiger partial charge < -0.3 is 15.4 Å². The first-order valence-corrected chi connectivity index (χ1v) is 9.47. The smallest absolute Gasteiger partial charge is 0.456 e. The van der Waals surface area contributed by atoms with E-state index in [-0.39, 0.29) is 30.3 Å². The van der Waals surface area contributed by atoms with Crippen LogP contribution in [0.15, 0.2) is 24.4 Å². The Morgan fingerprint density at radius 2 is 1.88 bits per heavy atom. The van der Waals surface area contributed by atoms with Crippen molar-refractivity contribution in [2.24, 2.45) is 7.05 Å². The minimum atomic E-state index is -5.74. The molecule has 0 spiro atoms. The maximum Gasteiger partial charge on any atom is 0.456 e. The lowest BCUT2D eigenvalue weighted by Crippen LogP contribution is -2.42. The molecular weight excluding hydrogens is 441 g/mol. The molecular formula is C19H22F5N5O3. The topological polar surface area (TPSA) is 98.1 Å². The lowest BCUT2D eigenvalue weighted by Gasteiger charge is -2.19. The molecule has 32 heavy (non-hydrogen) atoms. The number of pyridine rings is 1. The van der Waals surface area contributed by atoms with Crippen LogP contribution >= 0.6 is 0 Å². The molecule has 13 heteroatoms. The predicted octanol–water partition coefficient (Wildman–Crippen LogP) is 3.16. The Morgan fingerprint density at radius 3 is 2.50 bits per heavy atom. The van der Waals surface area contributed by atoms with Gasteiger partial charge in [0, 0.05) is 25.7 Å². The van der Waals surface area contributed by atoms with Crippen LogP contribution in [0.1, 0.15) is 37.6 Å². The highest BCUT2D eigenvalue weighted by Crippen LogP contribution is 2.35. The van der Waals surface area contributed by atoms with Gasteiger partial charge in [0.25, 0.3) is 0 Å². The molecule has 2 rings (SSSR count). The fourth-order valence-electron chi connectivity index (χ4n) is 2.53. The number of ether oxygens (including phenoxy) is 1. The van der Waals surface area contributed by atoms with Crippen molar-refractivity contribution in [3.63, 3.8) is 0 Å². The van der Waals surface area contributed by atoms with Crippen molar-refractivity contribution in [3.8, 4) is 5.88 Å². The van der Waals surface area contributed by atoms with Crippen molar-refractivity contribution in [1.82, 2.24) is 20.1 Å². The zero-order valence-electron chi connectivity index (χ0n) is 17.5. The third-order valence-corrected chi connectivity index (χ3v) is 4.30. The molecule has 8 nitrogen and oxygen atoms in total. The largest absolute Gasteiger partial charge is 0.471 e. The van der Waals surface area contributed by atoms with Crippen LogP contribution in [0.3, 0.4) is 0 Å². The standard InChI is InChI=1S/C19H22F5N5O3/c1-4-15(30)27-14-7-12(5-6-25-14)11(2)26-16(31)8-13-9-17(29(3)28-13)32-10-18(20,21)19(22,23)24/h5-7,9,11H,4,8,10H2,1-3H3,(H,26,31)(H,25,27,30). The Kier molecular flexibility index (Phi) is 7.75. The predicted molar refractivity (Wildman–Crippen MR) is 103 cm³/mol. The monoisotopic (exact) mass is 463 g/mol. The molecule has 0 fully saturated rings. The number of alkyl halides is 5. The molecule has 2 heterocycles. The number of anilines is 1. The fraction of sp³-hybridized carbons (Fsp3) is 0.474. The SMILES string of the molecule is CCC(=O)Nc1cc(C(C)NC(=O)Cc2cc(OCC(F)(F)C(F)(F)F)n(C)n2)ccn1. The Labute approximate surface area is 180 Å². The summed E-state index contributed by atoms with van der Waals surface area (Å²) in [5.74, 6) is -5.72.